The van der Waals surface area contributed by atoms with E-state index in [-0.39, 0.29) is 17.0 Å². The highest BCUT2D eigenvalue weighted by molar-refractivity contribution is 7.92. The van der Waals surface area contributed by atoms with E-state index in [4.69, 9.17) is 14.8 Å². The van der Waals surface area contributed by atoms with E-state index in [1.807, 2.05) is 4.72 Å². The van der Waals surface area contributed by atoms with Gasteiger partial charge in [0.2, 0.25) is 5.88 Å². The number of nitrogens with zero attached hydrogens (tertiary/aromatic N) is 1. The van der Waals surface area contributed by atoms with Crippen LogP contribution in [-0.2, 0) is 10.0 Å². The van der Waals surface area contributed by atoms with Gasteiger partial charge in [0.25, 0.3) is 10.0 Å². The average molecular weight is 344 g/mol. The Morgan fingerprint density at radius 3 is 2.52 bits per heavy atom. The van der Waals surface area contributed by atoms with Crippen molar-refractivity contribution in [3.63, 3.8) is 0 Å². The number of rotatable bonds is 5. The van der Waals surface area contributed by atoms with Crippen molar-refractivity contribution in [2.75, 3.05) is 11.8 Å². The topological polar surface area (TPSA) is 109 Å². The number of anilines is 1. The summed E-state index contributed by atoms with van der Waals surface area (Å²) < 4.78 is 57.8. The van der Waals surface area contributed by atoms with E-state index in [2.05, 4.69) is 4.98 Å². The molecule has 0 saturated carbocycles. The summed E-state index contributed by atoms with van der Waals surface area (Å²) in [5.41, 5.74) is -0.343. The van der Waals surface area contributed by atoms with Crippen LogP contribution in [0, 0.1) is 11.6 Å². The summed E-state index contributed by atoms with van der Waals surface area (Å²) in [4.78, 5) is 2.93. The van der Waals surface area contributed by atoms with Crippen molar-refractivity contribution in [1.29, 1.82) is 0 Å². The van der Waals surface area contributed by atoms with E-state index < -0.39 is 33.7 Å². The predicted molar refractivity (Wildman–Crippen MR) is 77.8 cm³/mol. The summed E-state index contributed by atoms with van der Waals surface area (Å²) in [5.74, 6) is -2.37. The maximum Gasteiger partial charge on any atom is 0.490 e. The standard InChI is InChI=1S/C12H11BF2N2O5S/c1-22-12-10(4-7(6-16-12)13(18)19)17-23(20,21)11-3-2-8(14)5-9(11)15/h2-6,17-19H,1H3. The van der Waals surface area contributed by atoms with E-state index >= 15 is 0 Å². The van der Waals surface area contributed by atoms with Crippen molar-refractivity contribution >= 4 is 28.3 Å². The highest BCUT2D eigenvalue weighted by atomic mass is 32.2. The Morgan fingerprint density at radius 1 is 1.26 bits per heavy atom. The van der Waals surface area contributed by atoms with Crippen LogP contribution in [0.25, 0.3) is 0 Å². The molecular weight excluding hydrogens is 333 g/mol. The van der Waals surface area contributed by atoms with Crippen LogP contribution in [0.2, 0.25) is 0 Å². The lowest BCUT2D eigenvalue weighted by Crippen LogP contribution is -2.31. The van der Waals surface area contributed by atoms with Crippen LogP contribution >= 0.6 is 0 Å². The first kappa shape index (κ1) is 17.1. The molecule has 0 fully saturated rings. The second-order valence-electron chi connectivity index (χ2n) is 4.38. The molecule has 3 N–H and O–H groups in total. The third kappa shape index (κ3) is 3.75. The van der Waals surface area contributed by atoms with Crippen molar-refractivity contribution in [2.24, 2.45) is 0 Å². The third-order valence-corrected chi connectivity index (χ3v) is 4.19. The molecule has 23 heavy (non-hydrogen) atoms. The summed E-state index contributed by atoms with van der Waals surface area (Å²) in [5, 5.41) is 18.2. The van der Waals surface area contributed by atoms with Gasteiger partial charge in [0.1, 0.15) is 22.2 Å². The molecule has 0 aliphatic carbocycles. The smallest absolute Gasteiger partial charge is 0.480 e. The van der Waals surface area contributed by atoms with Gasteiger partial charge >= 0.3 is 7.12 Å². The number of aromatic nitrogens is 1. The lowest BCUT2D eigenvalue weighted by Gasteiger charge is -2.12. The third-order valence-electron chi connectivity index (χ3n) is 2.79. The first-order valence-electron chi connectivity index (χ1n) is 6.12. The molecule has 7 nitrogen and oxygen atoms in total. The molecule has 2 rings (SSSR count). The number of hydrogen-bond donors (Lipinski definition) is 3. The van der Waals surface area contributed by atoms with Crippen molar-refractivity contribution in [2.45, 2.75) is 4.90 Å². The lowest BCUT2D eigenvalue weighted by atomic mass is 9.81. The molecular formula is C12H11BF2N2O5S. The summed E-state index contributed by atoms with van der Waals surface area (Å²) in [6.07, 6.45) is 1.07. The Balaban J connectivity index is 2.46. The molecule has 0 aliphatic heterocycles. The Hall–Kier alpha value is -2.24. The predicted octanol–water partition coefficient (Wildman–Crippen LogP) is -0.151. The van der Waals surface area contributed by atoms with Crippen LogP contribution in [0.3, 0.4) is 0 Å². The minimum atomic E-state index is -4.41. The van der Waals surface area contributed by atoms with Gasteiger partial charge in [0.15, 0.2) is 0 Å². The van der Waals surface area contributed by atoms with Crippen molar-refractivity contribution < 1.29 is 32.0 Å². The summed E-state index contributed by atoms with van der Waals surface area (Å²) in [6.45, 7) is 0. The zero-order chi connectivity index (χ0) is 17.2. The molecule has 11 heteroatoms. The largest absolute Gasteiger partial charge is 0.490 e. The molecule has 0 aliphatic rings. The Labute approximate surface area is 130 Å². The first-order chi connectivity index (χ1) is 10.7. The van der Waals surface area contributed by atoms with E-state index in [0.29, 0.717) is 6.07 Å². The van der Waals surface area contributed by atoms with Crippen molar-refractivity contribution in [1.82, 2.24) is 4.98 Å². The van der Waals surface area contributed by atoms with E-state index in [1.54, 1.807) is 0 Å². The van der Waals surface area contributed by atoms with Gasteiger partial charge in [-0.3, -0.25) is 4.72 Å². The number of benzene rings is 1. The maximum atomic E-state index is 13.7. The molecule has 0 bridgehead atoms. The molecule has 122 valence electrons. The molecule has 0 radical (unpaired) electrons. The quantitative estimate of drug-likeness (QED) is 0.651. The number of methoxy groups -OCH3 is 1. The summed E-state index contributed by atoms with van der Waals surface area (Å²) >= 11 is 0. The number of hydrogen-bond acceptors (Lipinski definition) is 6. The van der Waals surface area contributed by atoms with Gasteiger partial charge in [0, 0.05) is 17.7 Å². The highest BCUT2D eigenvalue weighted by Crippen LogP contribution is 2.24. The van der Waals surface area contributed by atoms with Crippen LogP contribution in [0.1, 0.15) is 0 Å². The molecule has 0 atom stereocenters. The van der Waals surface area contributed by atoms with Crippen LogP contribution in [0.15, 0.2) is 35.4 Å². The van der Waals surface area contributed by atoms with Gasteiger partial charge in [-0.05, 0) is 18.2 Å². The average Bonchev–Trinajstić information content (AvgIpc) is 2.46. The molecule has 0 saturated heterocycles. The number of ether oxygens (including phenoxy) is 1. The molecule has 1 aromatic carbocycles. The lowest BCUT2D eigenvalue weighted by molar-refractivity contribution is 0.399. The Kier molecular flexibility index (Phi) is 4.83. The maximum absolute atomic E-state index is 13.7. The molecule has 0 amide bonds. The van der Waals surface area contributed by atoms with Crippen LogP contribution < -0.4 is 14.9 Å². The van der Waals surface area contributed by atoms with Gasteiger partial charge in [0.05, 0.1) is 7.11 Å². The fourth-order valence-corrected chi connectivity index (χ4v) is 2.85. The fraction of sp³-hybridized carbons (Fsp3) is 0.0833. The van der Waals surface area contributed by atoms with Gasteiger partial charge in [-0.1, -0.05) is 0 Å². The minimum Gasteiger partial charge on any atom is -0.480 e. The van der Waals surface area contributed by atoms with Crippen molar-refractivity contribution in [3.05, 3.63) is 42.1 Å². The van der Waals surface area contributed by atoms with Crippen LogP contribution in [0.5, 0.6) is 5.88 Å². The number of nitrogens with one attached hydrogen (secondary N) is 1. The van der Waals surface area contributed by atoms with E-state index in [1.165, 1.54) is 7.11 Å². The first-order valence-corrected chi connectivity index (χ1v) is 7.61. The van der Waals surface area contributed by atoms with Gasteiger partial charge in [-0.2, -0.15) is 0 Å². The van der Waals surface area contributed by atoms with E-state index in [0.717, 1.165) is 24.4 Å². The van der Waals surface area contributed by atoms with Gasteiger partial charge < -0.3 is 14.8 Å². The van der Waals surface area contributed by atoms with Crippen LogP contribution in [0.4, 0.5) is 14.5 Å². The van der Waals surface area contributed by atoms with Gasteiger partial charge in [-0.25, -0.2) is 22.2 Å². The van der Waals surface area contributed by atoms with Gasteiger partial charge in [-0.15, -0.1) is 0 Å². The second-order valence-corrected chi connectivity index (χ2v) is 6.03. The SMILES string of the molecule is COc1ncc(B(O)O)cc1NS(=O)(=O)c1ccc(F)cc1F. The molecule has 0 unspecified atom stereocenters. The molecule has 0 spiro atoms. The Bertz CT molecular complexity index is 832. The summed E-state index contributed by atoms with van der Waals surface area (Å²) in [6, 6.07) is 3.05. The zero-order valence-corrected chi connectivity index (χ0v) is 12.5. The number of pyridine rings is 1. The highest BCUT2D eigenvalue weighted by Gasteiger charge is 2.23. The van der Waals surface area contributed by atoms with Crippen LogP contribution in [-0.4, -0.2) is 37.7 Å². The number of sulfonamides is 1. The van der Waals surface area contributed by atoms with Crippen molar-refractivity contribution in [3.8, 4) is 5.88 Å². The molecule has 1 aromatic heterocycles. The minimum absolute atomic E-state index is 0.108. The Morgan fingerprint density at radius 2 is 1.96 bits per heavy atom. The molecule has 1 heterocycles. The zero-order valence-electron chi connectivity index (χ0n) is 11.7. The normalized spacial score (nSPS) is 11.2. The molecule has 2 aromatic rings. The van der Waals surface area contributed by atoms with E-state index in [9.17, 15) is 17.2 Å². The summed E-state index contributed by atoms with van der Waals surface area (Å²) in [7, 11) is -5.08. The number of halogens is 2. The monoisotopic (exact) mass is 344 g/mol. The second kappa shape index (κ2) is 6.48. The fourth-order valence-electron chi connectivity index (χ4n) is 1.74.